The Balaban J connectivity index is 1.90. The number of hydrogen-bond donors (Lipinski definition) is 0. The molecule has 0 aromatic carbocycles. The van der Waals surface area contributed by atoms with Crippen LogP contribution < -0.4 is 0 Å². The molecule has 1 atom stereocenters. The number of rotatable bonds is 2. The third-order valence-corrected chi connectivity index (χ3v) is 3.56. The topological polar surface area (TPSA) is 57.0 Å². The second kappa shape index (κ2) is 3.80. The highest BCUT2D eigenvalue weighted by atomic mass is 32.1. The molecule has 1 unspecified atom stereocenters. The lowest BCUT2D eigenvalue weighted by Gasteiger charge is -2.22. The number of fused-ring (bicyclic) bond motifs is 1. The predicted octanol–water partition coefficient (Wildman–Crippen LogP) is 1.42. The van der Waals surface area contributed by atoms with Crippen LogP contribution in [0.15, 0.2) is 17.5 Å². The second-order valence-electron chi connectivity index (χ2n) is 3.54. The zero-order valence-electron chi connectivity index (χ0n) is 8.37. The smallest absolute Gasteiger partial charge is 0.172 e. The molecular formula is C10H9N3O2S. The molecule has 16 heavy (non-hydrogen) atoms. The van der Waals surface area contributed by atoms with Crippen LogP contribution in [0.3, 0.4) is 0 Å². The molecule has 0 saturated carbocycles. The van der Waals surface area contributed by atoms with E-state index in [4.69, 9.17) is 4.74 Å². The zero-order valence-corrected chi connectivity index (χ0v) is 9.18. The van der Waals surface area contributed by atoms with Crippen LogP contribution in [0.2, 0.25) is 0 Å². The van der Waals surface area contributed by atoms with Crippen molar-refractivity contribution in [2.24, 2.45) is 0 Å². The summed E-state index contributed by atoms with van der Waals surface area (Å²) in [6, 6.07) is 4.04. The maximum Gasteiger partial charge on any atom is 0.172 e. The molecule has 2 aromatic rings. The Morgan fingerprint density at radius 2 is 2.56 bits per heavy atom. The highest BCUT2D eigenvalue weighted by Gasteiger charge is 2.24. The van der Waals surface area contributed by atoms with Crippen molar-refractivity contribution in [2.45, 2.75) is 19.3 Å². The van der Waals surface area contributed by atoms with Gasteiger partial charge in [0.1, 0.15) is 6.10 Å². The van der Waals surface area contributed by atoms with Crippen molar-refractivity contribution in [3.8, 4) is 0 Å². The van der Waals surface area contributed by atoms with Gasteiger partial charge in [-0.2, -0.15) is 0 Å². The van der Waals surface area contributed by atoms with Crippen molar-refractivity contribution in [3.05, 3.63) is 33.8 Å². The van der Waals surface area contributed by atoms with Crippen LogP contribution in [0.25, 0.3) is 0 Å². The minimum absolute atomic E-state index is 0.0219. The van der Waals surface area contributed by atoms with Crippen LogP contribution in [0.5, 0.6) is 0 Å². The molecule has 2 aromatic heterocycles. The van der Waals surface area contributed by atoms with Crippen LogP contribution >= 0.6 is 11.3 Å². The van der Waals surface area contributed by atoms with Gasteiger partial charge < -0.3 is 4.74 Å². The van der Waals surface area contributed by atoms with E-state index in [1.807, 2.05) is 17.5 Å². The summed E-state index contributed by atoms with van der Waals surface area (Å²) < 4.78 is 7.45. The molecule has 6 heteroatoms. The van der Waals surface area contributed by atoms with E-state index in [-0.39, 0.29) is 6.10 Å². The first kappa shape index (κ1) is 9.68. The molecule has 0 fully saturated rings. The van der Waals surface area contributed by atoms with Crippen molar-refractivity contribution in [1.29, 1.82) is 0 Å². The fourth-order valence-electron chi connectivity index (χ4n) is 1.77. The number of carbonyl (C=O) groups excluding carboxylic acids is 1. The van der Waals surface area contributed by atoms with Crippen molar-refractivity contribution < 1.29 is 9.53 Å². The van der Waals surface area contributed by atoms with Crippen LogP contribution in [-0.2, 0) is 17.9 Å². The number of aldehydes is 1. The molecule has 1 aliphatic heterocycles. The van der Waals surface area contributed by atoms with E-state index >= 15 is 0 Å². The van der Waals surface area contributed by atoms with Gasteiger partial charge >= 0.3 is 0 Å². The maximum atomic E-state index is 10.7. The Kier molecular flexibility index (Phi) is 2.30. The average molecular weight is 235 g/mol. The molecular weight excluding hydrogens is 226 g/mol. The highest BCUT2D eigenvalue weighted by Crippen LogP contribution is 2.29. The van der Waals surface area contributed by atoms with Gasteiger partial charge in [-0.05, 0) is 11.4 Å². The molecule has 0 saturated heterocycles. The third kappa shape index (κ3) is 1.46. The number of thiophene rings is 1. The lowest BCUT2D eigenvalue weighted by molar-refractivity contribution is 0.000546. The number of nitrogens with zero attached hydrogens (tertiary/aromatic N) is 3. The lowest BCUT2D eigenvalue weighted by Crippen LogP contribution is -2.21. The molecule has 0 spiro atoms. The summed E-state index contributed by atoms with van der Waals surface area (Å²) in [5.41, 5.74) is 1.15. The lowest BCUT2D eigenvalue weighted by atomic mass is 10.2. The first-order valence-corrected chi connectivity index (χ1v) is 5.79. The molecule has 0 bridgehead atoms. The Hall–Kier alpha value is -1.53. The van der Waals surface area contributed by atoms with Crippen LogP contribution in [0, 0.1) is 0 Å². The van der Waals surface area contributed by atoms with Gasteiger partial charge in [-0.1, -0.05) is 11.3 Å². The van der Waals surface area contributed by atoms with E-state index < -0.39 is 0 Å². The van der Waals surface area contributed by atoms with Gasteiger partial charge in [-0.25, -0.2) is 4.68 Å². The van der Waals surface area contributed by atoms with Gasteiger partial charge in [0.05, 0.1) is 18.8 Å². The monoisotopic (exact) mass is 235 g/mol. The predicted molar refractivity (Wildman–Crippen MR) is 57.3 cm³/mol. The van der Waals surface area contributed by atoms with Crippen LogP contribution in [-0.4, -0.2) is 21.3 Å². The summed E-state index contributed by atoms with van der Waals surface area (Å²) in [7, 11) is 0. The second-order valence-corrected chi connectivity index (χ2v) is 4.52. The van der Waals surface area contributed by atoms with E-state index in [9.17, 15) is 4.79 Å². The normalized spacial score (nSPS) is 19.4. The molecule has 3 rings (SSSR count). The standard InChI is InChI=1S/C10H9N3O2S/c14-5-7-8-6-15-9(4-13(8)12-11-7)10-2-1-3-16-10/h1-3,5,9H,4,6H2. The molecule has 1 aliphatic rings. The molecule has 3 heterocycles. The number of hydrogen-bond acceptors (Lipinski definition) is 5. The van der Waals surface area contributed by atoms with Gasteiger partial charge in [0.2, 0.25) is 0 Å². The summed E-state index contributed by atoms with van der Waals surface area (Å²) in [5.74, 6) is 0. The summed E-state index contributed by atoms with van der Waals surface area (Å²) in [5, 5.41) is 9.77. The van der Waals surface area contributed by atoms with Gasteiger partial charge in [-0.15, -0.1) is 16.4 Å². The molecule has 0 aliphatic carbocycles. The molecule has 82 valence electrons. The maximum absolute atomic E-state index is 10.7. The van der Waals surface area contributed by atoms with Gasteiger partial charge in [0, 0.05) is 4.88 Å². The van der Waals surface area contributed by atoms with Gasteiger partial charge in [0.25, 0.3) is 0 Å². The van der Waals surface area contributed by atoms with Gasteiger partial charge in [0.15, 0.2) is 12.0 Å². The Bertz CT molecular complexity index is 506. The average Bonchev–Trinajstić information content (AvgIpc) is 2.97. The largest absolute Gasteiger partial charge is 0.364 e. The van der Waals surface area contributed by atoms with Crippen molar-refractivity contribution in [2.75, 3.05) is 0 Å². The highest BCUT2D eigenvalue weighted by molar-refractivity contribution is 7.10. The number of ether oxygens (including phenoxy) is 1. The van der Waals surface area contributed by atoms with Gasteiger partial charge in [-0.3, -0.25) is 4.79 Å². The van der Waals surface area contributed by atoms with Crippen LogP contribution in [0.4, 0.5) is 0 Å². The first-order chi connectivity index (χ1) is 7.88. The Morgan fingerprint density at radius 1 is 1.62 bits per heavy atom. The summed E-state index contributed by atoms with van der Waals surface area (Å²) >= 11 is 1.66. The van der Waals surface area contributed by atoms with E-state index in [0.717, 1.165) is 5.69 Å². The SMILES string of the molecule is O=Cc1nnn2c1COC(c1cccs1)C2. The number of carbonyl (C=O) groups is 1. The Morgan fingerprint density at radius 3 is 3.31 bits per heavy atom. The van der Waals surface area contributed by atoms with Crippen molar-refractivity contribution in [3.63, 3.8) is 0 Å². The van der Waals surface area contributed by atoms with Crippen molar-refractivity contribution in [1.82, 2.24) is 15.0 Å². The first-order valence-electron chi connectivity index (χ1n) is 4.91. The minimum Gasteiger partial charge on any atom is -0.364 e. The third-order valence-electron chi connectivity index (χ3n) is 2.60. The van der Waals surface area contributed by atoms with E-state index in [2.05, 4.69) is 10.3 Å². The molecule has 0 amide bonds. The minimum atomic E-state index is 0.0219. The summed E-state index contributed by atoms with van der Waals surface area (Å²) in [6.45, 7) is 1.01. The molecule has 5 nitrogen and oxygen atoms in total. The molecule has 0 radical (unpaired) electrons. The Labute approximate surface area is 95.7 Å². The van der Waals surface area contributed by atoms with Crippen molar-refractivity contribution >= 4 is 17.6 Å². The summed E-state index contributed by atoms with van der Waals surface area (Å²) in [4.78, 5) is 11.9. The number of aromatic nitrogens is 3. The van der Waals surface area contributed by atoms with E-state index in [1.54, 1.807) is 16.0 Å². The van der Waals surface area contributed by atoms with E-state index in [1.165, 1.54) is 4.88 Å². The quantitative estimate of drug-likeness (QED) is 0.739. The molecule has 0 N–H and O–H groups in total. The fourth-order valence-corrected chi connectivity index (χ4v) is 2.53. The zero-order chi connectivity index (χ0) is 11.0. The summed E-state index contributed by atoms with van der Waals surface area (Å²) in [6.07, 6.45) is 0.738. The van der Waals surface area contributed by atoms with Crippen LogP contribution in [0.1, 0.15) is 27.2 Å². The van der Waals surface area contributed by atoms with E-state index in [0.29, 0.717) is 25.1 Å². The fraction of sp³-hybridized carbons (Fsp3) is 0.300.